The molecular formula is C17H15BrFNO3S2. The van der Waals surface area contributed by atoms with Gasteiger partial charge in [-0.15, -0.1) is 11.8 Å². The minimum Gasteiger partial charge on any atom is -0.493 e. The van der Waals surface area contributed by atoms with Gasteiger partial charge < -0.3 is 4.74 Å². The zero-order chi connectivity index (χ0) is 17.6. The van der Waals surface area contributed by atoms with E-state index in [0.717, 1.165) is 23.3 Å². The molecule has 8 heteroatoms. The van der Waals surface area contributed by atoms with Gasteiger partial charge >= 0.3 is 0 Å². The Balaban J connectivity index is 1.70. The molecule has 0 aromatic heterocycles. The van der Waals surface area contributed by atoms with Crippen LogP contribution in [-0.2, 0) is 16.4 Å². The van der Waals surface area contributed by atoms with Gasteiger partial charge in [0, 0.05) is 18.7 Å². The summed E-state index contributed by atoms with van der Waals surface area (Å²) in [4.78, 5) is 0.283. The standard InChI is InChI=1S/C17H15BrFNO3S2/c18-14-10-12(1-3-15(14)19)17-20(6-8-24-17)25(21,22)13-2-4-16-11(9-13)5-7-23-16/h1-4,9-10,17H,5-8H2/t17-/m0/s1. The van der Waals surface area contributed by atoms with Crippen molar-refractivity contribution < 1.29 is 17.5 Å². The van der Waals surface area contributed by atoms with E-state index < -0.39 is 10.0 Å². The van der Waals surface area contributed by atoms with Gasteiger partial charge in [0.1, 0.15) is 11.6 Å². The van der Waals surface area contributed by atoms with Crippen molar-refractivity contribution in [1.29, 1.82) is 0 Å². The van der Waals surface area contributed by atoms with Crippen LogP contribution >= 0.6 is 27.7 Å². The third-order valence-electron chi connectivity index (χ3n) is 4.35. The molecule has 25 heavy (non-hydrogen) atoms. The van der Waals surface area contributed by atoms with E-state index >= 15 is 0 Å². The van der Waals surface area contributed by atoms with Crippen molar-refractivity contribution in [2.45, 2.75) is 16.7 Å². The molecule has 2 aromatic rings. The summed E-state index contributed by atoms with van der Waals surface area (Å²) in [5.41, 5.74) is 1.69. The first-order chi connectivity index (χ1) is 12.0. The van der Waals surface area contributed by atoms with Gasteiger partial charge in [0.15, 0.2) is 0 Å². The SMILES string of the molecule is O=S(=O)(c1ccc2c(c1)CCO2)N1CCS[C@H]1c1ccc(F)c(Br)c1. The van der Waals surface area contributed by atoms with Gasteiger partial charge in [-0.05, 0) is 57.4 Å². The number of benzene rings is 2. The Morgan fingerprint density at radius 1 is 1.24 bits per heavy atom. The Kier molecular flexibility index (Phi) is 4.56. The van der Waals surface area contributed by atoms with Crippen LogP contribution < -0.4 is 4.74 Å². The lowest BCUT2D eigenvalue weighted by Crippen LogP contribution is -2.30. The van der Waals surface area contributed by atoms with Gasteiger partial charge in [0.05, 0.1) is 21.3 Å². The maximum absolute atomic E-state index is 13.5. The number of hydrogen-bond acceptors (Lipinski definition) is 4. The fraction of sp³-hybridized carbons (Fsp3) is 0.294. The van der Waals surface area contributed by atoms with Gasteiger partial charge in [0.2, 0.25) is 10.0 Å². The van der Waals surface area contributed by atoms with E-state index in [1.807, 2.05) is 0 Å². The van der Waals surface area contributed by atoms with Crippen LogP contribution in [0, 0.1) is 5.82 Å². The predicted octanol–water partition coefficient (Wildman–Crippen LogP) is 3.96. The van der Waals surface area contributed by atoms with Crippen molar-refractivity contribution in [3.63, 3.8) is 0 Å². The summed E-state index contributed by atoms with van der Waals surface area (Å²) in [7, 11) is -3.63. The summed E-state index contributed by atoms with van der Waals surface area (Å²) in [6.07, 6.45) is 0.724. The van der Waals surface area contributed by atoms with Crippen LogP contribution in [0.25, 0.3) is 0 Å². The third kappa shape index (κ3) is 3.09. The van der Waals surface area contributed by atoms with Crippen LogP contribution in [0.1, 0.15) is 16.5 Å². The first kappa shape index (κ1) is 17.3. The molecule has 2 aliphatic heterocycles. The molecule has 2 heterocycles. The number of nitrogens with zero attached hydrogens (tertiary/aromatic N) is 1. The number of thioether (sulfide) groups is 1. The van der Waals surface area contributed by atoms with Crippen LogP contribution in [0.2, 0.25) is 0 Å². The van der Waals surface area contributed by atoms with Crippen molar-refractivity contribution >= 4 is 37.7 Å². The third-order valence-corrected chi connectivity index (χ3v) is 8.21. The van der Waals surface area contributed by atoms with Crippen LogP contribution in [0.5, 0.6) is 5.75 Å². The Hall–Kier alpha value is -1.09. The average Bonchev–Trinajstić information content (AvgIpc) is 3.25. The molecule has 0 bridgehead atoms. The quantitative estimate of drug-likeness (QED) is 0.719. The molecule has 1 saturated heterocycles. The molecular weight excluding hydrogens is 429 g/mol. The molecule has 1 fully saturated rings. The molecule has 0 aliphatic carbocycles. The first-order valence-electron chi connectivity index (χ1n) is 7.81. The monoisotopic (exact) mass is 443 g/mol. The molecule has 0 spiro atoms. The van der Waals surface area contributed by atoms with Crippen LogP contribution in [-0.4, -0.2) is 31.6 Å². The molecule has 0 unspecified atom stereocenters. The Bertz CT molecular complexity index is 935. The highest BCUT2D eigenvalue weighted by molar-refractivity contribution is 9.10. The number of hydrogen-bond donors (Lipinski definition) is 0. The van der Waals surface area contributed by atoms with Crippen molar-refractivity contribution in [1.82, 2.24) is 4.31 Å². The van der Waals surface area contributed by atoms with E-state index in [4.69, 9.17) is 4.74 Å². The molecule has 0 radical (unpaired) electrons. The highest BCUT2D eigenvalue weighted by Crippen LogP contribution is 2.42. The molecule has 2 aliphatic rings. The largest absolute Gasteiger partial charge is 0.493 e. The lowest BCUT2D eigenvalue weighted by molar-refractivity contribution is 0.356. The lowest BCUT2D eigenvalue weighted by Gasteiger charge is -2.24. The smallest absolute Gasteiger partial charge is 0.244 e. The summed E-state index contributed by atoms with van der Waals surface area (Å²) >= 11 is 4.72. The molecule has 1 atom stereocenters. The summed E-state index contributed by atoms with van der Waals surface area (Å²) < 4.78 is 47.1. The van der Waals surface area contributed by atoms with Crippen LogP contribution in [0.15, 0.2) is 45.8 Å². The van der Waals surface area contributed by atoms with Crippen molar-refractivity contribution in [3.8, 4) is 5.75 Å². The first-order valence-corrected chi connectivity index (χ1v) is 11.1. The van der Waals surface area contributed by atoms with E-state index in [-0.39, 0.29) is 16.1 Å². The predicted molar refractivity (Wildman–Crippen MR) is 98.8 cm³/mol. The summed E-state index contributed by atoms with van der Waals surface area (Å²) in [6, 6.07) is 9.68. The second-order valence-corrected chi connectivity index (χ2v) is 9.81. The Morgan fingerprint density at radius 2 is 2.08 bits per heavy atom. The molecule has 132 valence electrons. The van der Waals surface area contributed by atoms with Gasteiger partial charge in [-0.2, -0.15) is 4.31 Å². The van der Waals surface area contributed by atoms with Crippen LogP contribution in [0.3, 0.4) is 0 Å². The van der Waals surface area contributed by atoms with E-state index in [1.165, 1.54) is 10.4 Å². The fourth-order valence-corrected chi connectivity index (χ4v) is 6.77. The maximum atomic E-state index is 13.5. The maximum Gasteiger partial charge on any atom is 0.244 e. The van der Waals surface area contributed by atoms with E-state index in [1.54, 1.807) is 42.1 Å². The van der Waals surface area contributed by atoms with E-state index in [9.17, 15) is 12.8 Å². The van der Waals surface area contributed by atoms with Crippen molar-refractivity contribution in [2.75, 3.05) is 18.9 Å². The lowest BCUT2D eigenvalue weighted by atomic mass is 10.2. The number of ether oxygens (including phenoxy) is 1. The highest BCUT2D eigenvalue weighted by atomic mass is 79.9. The molecule has 4 nitrogen and oxygen atoms in total. The van der Waals surface area contributed by atoms with Gasteiger partial charge in [0.25, 0.3) is 0 Å². The normalized spacial score (nSPS) is 20.5. The van der Waals surface area contributed by atoms with Crippen molar-refractivity contribution in [3.05, 3.63) is 57.8 Å². The molecule has 4 rings (SSSR count). The average molecular weight is 444 g/mol. The topological polar surface area (TPSA) is 46.6 Å². The molecule has 0 amide bonds. The van der Waals surface area contributed by atoms with Gasteiger partial charge in [-0.3, -0.25) is 0 Å². The zero-order valence-electron chi connectivity index (χ0n) is 13.1. The second-order valence-electron chi connectivity index (χ2n) is 5.88. The molecule has 0 saturated carbocycles. The summed E-state index contributed by atoms with van der Waals surface area (Å²) in [5.74, 6) is 1.10. The van der Waals surface area contributed by atoms with E-state index in [2.05, 4.69) is 15.9 Å². The minimum absolute atomic E-state index is 0.283. The van der Waals surface area contributed by atoms with E-state index in [0.29, 0.717) is 23.4 Å². The minimum atomic E-state index is -3.63. The summed E-state index contributed by atoms with van der Waals surface area (Å²) in [5, 5.41) is -0.355. The van der Waals surface area contributed by atoms with Gasteiger partial charge in [-0.25, -0.2) is 12.8 Å². The number of halogens is 2. The zero-order valence-corrected chi connectivity index (χ0v) is 16.3. The number of sulfonamides is 1. The second kappa shape index (κ2) is 6.57. The van der Waals surface area contributed by atoms with Gasteiger partial charge in [-0.1, -0.05) is 6.07 Å². The number of fused-ring (bicyclic) bond motifs is 1. The van der Waals surface area contributed by atoms with Crippen molar-refractivity contribution in [2.24, 2.45) is 0 Å². The highest BCUT2D eigenvalue weighted by Gasteiger charge is 2.37. The Labute approximate surface area is 158 Å². The molecule has 0 N–H and O–H groups in total. The molecule has 2 aromatic carbocycles. The summed E-state index contributed by atoms with van der Waals surface area (Å²) in [6.45, 7) is 1.02. The Morgan fingerprint density at radius 3 is 2.88 bits per heavy atom. The number of rotatable bonds is 3. The van der Waals surface area contributed by atoms with Crippen LogP contribution in [0.4, 0.5) is 4.39 Å². The fourth-order valence-electron chi connectivity index (χ4n) is 3.09.